The summed E-state index contributed by atoms with van der Waals surface area (Å²) in [6.45, 7) is 1.67. The molecule has 2 aliphatic carbocycles. The molecular weight excluding hydrogens is 284 g/mol. The van der Waals surface area contributed by atoms with Gasteiger partial charge in [-0.05, 0) is 54.7 Å². The van der Waals surface area contributed by atoms with E-state index in [-0.39, 0.29) is 5.78 Å². The summed E-state index contributed by atoms with van der Waals surface area (Å²) in [5.41, 5.74) is 5.82. The van der Waals surface area contributed by atoms with Crippen molar-refractivity contribution in [3.63, 3.8) is 0 Å². The van der Waals surface area contributed by atoms with Crippen molar-refractivity contribution >= 4 is 11.4 Å². The van der Waals surface area contributed by atoms with Crippen LogP contribution < -0.4 is 0 Å². The highest BCUT2D eigenvalue weighted by Gasteiger charge is 2.38. The molecule has 0 bridgehead atoms. The zero-order chi connectivity index (χ0) is 16.0. The second kappa shape index (κ2) is 5.34. The lowest BCUT2D eigenvalue weighted by atomic mass is 9.83. The van der Waals surface area contributed by atoms with Crippen molar-refractivity contribution in [2.75, 3.05) is 7.05 Å². The third-order valence-corrected chi connectivity index (χ3v) is 5.14. The predicted octanol–water partition coefficient (Wildman–Crippen LogP) is 3.53. The maximum absolute atomic E-state index is 11.8. The van der Waals surface area contributed by atoms with Gasteiger partial charge < -0.3 is 4.90 Å². The molecule has 0 radical (unpaired) electrons. The lowest BCUT2D eigenvalue weighted by Crippen LogP contribution is -2.29. The molecule has 3 nitrogen and oxygen atoms in total. The van der Waals surface area contributed by atoms with Gasteiger partial charge in [0.2, 0.25) is 0 Å². The number of nitrogens with zero attached hydrogens (tertiary/aromatic N) is 2. The van der Waals surface area contributed by atoms with Crippen LogP contribution in [0.15, 0.2) is 65.5 Å². The fourth-order valence-electron chi connectivity index (χ4n) is 3.88. The van der Waals surface area contributed by atoms with Crippen LogP contribution >= 0.6 is 0 Å². The van der Waals surface area contributed by atoms with E-state index >= 15 is 0 Å². The molecule has 0 aromatic carbocycles. The fraction of sp³-hybridized carbons (Fsp3) is 0.300. The van der Waals surface area contributed by atoms with Crippen molar-refractivity contribution in [3.8, 4) is 0 Å². The number of hydrogen-bond acceptors (Lipinski definition) is 3. The van der Waals surface area contributed by atoms with Gasteiger partial charge in [0.15, 0.2) is 5.78 Å². The Morgan fingerprint density at radius 2 is 2.17 bits per heavy atom. The van der Waals surface area contributed by atoms with E-state index in [1.54, 1.807) is 6.92 Å². The number of hydrogen-bond donors (Lipinski definition) is 0. The number of pyridine rings is 1. The molecule has 0 amide bonds. The normalized spacial score (nSPS) is 25.7. The van der Waals surface area contributed by atoms with Crippen LogP contribution in [0.5, 0.6) is 0 Å². The predicted molar refractivity (Wildman–Crippen MR) is 91.4 cm³/mol. The molecule has 0 spiro atoms. The van der Waals surface area contributed by atoms with Crippen LogP contribution in [0.25, 0.3) is 5.57 Å². The Kier molecular flexibility index (Phi) is 3.29. The van der Waals surface area contributed by atoms with E-state index in [1.165, 1.54) is 11.3 Å². The molecule has 116 valence electrons. The van der Waals surface area contributed by atoms with Gasteiger partial charge in [0.1, 0.15) is 0 Å². The monoisotopic (exact) mass is 304 g/mol. The van der Waals surface area contributed by atoms with Gasteiger partial charge in [-0.15, -0.1) is 0 Å². The van der Waals surface area contributed by atoms with Crippen LogP contribution in [0.2, 0.25) is 0 Å². The summed E-state index contributed by atoms with van der Waals surface area (Å²) in [5.74, 6) is 0.509. The first-order valence-corrected chi connectivity index (χ1v) is 8.14. The first-order valence-electron chi connectivity index (χ1n) is 8.14. The first kappa shape index (κ1) is 14.2. The number of likely N-dealkylation sites (N-methyl/N-ethyl adjacent to an activating group) is 1. The molecule has 4 rings (SSSR count). The number of aromatic nitrogens is 1. The second-order valence-electron chi connectivity index (χ2n) is 6.45. The van der Waals surface area contributed by atoms with Crippen LogP contribution in [-0.4, -0.2) is 28.8 Å². The summed E-state index contributed by atoms with van der Waals surface area (Å²) in [6, 6.07) is 6.35. The van der Waals surface area contributed by atoms with Crippen molar-refractivity contribution in [2.24, 2.45) is 5.92 Å². The summed E-state index contributed by atoms with van der Waals surface area (Å²) in [5, 5.41) is 0. The van der Waals surface area contributed by atoms with Crippen LogP contribution in [-0.2, 0) is 4.79 Å². The van der Waals surface area contributed by atoms with Crippen molar-refractivity contribution in [2.45, 2.75) is 25.8 Å². The standard InChI is InChI=1S/C20H20N2O/c1-13(23)14-6-8-19-16(11-14)17-12-15(7-9-20(17)22(19)2)18-5-3-4-10-21-18/h3-5,7,9-12,17,20H,6,8H2,1-2H3. The zero-order valence-electron chi connectivity index (χ0n) is 13.5. The van der Waals surface area contributed by atoms with Crippen LogP contribution in [0.4, 0.5) is 0 Å². The Labute approximate surface area is 136 Å². The molecule has 0 fully saturated rings. The maximum atomic E-state index is 11.8. The van der Waals surface area contributed by atoms with E-state index in [0.29, 0.717) is 12.0 Å². The third kappa shape index (κ3) is 2.27. The molecule has 2 unspecified atom stereocenters. The SMILES string of the molecule is CC(=O)C1=CC2=C(CC1)N(C)C1C=CC(c3ccccn3)=CC21. The van der Waals surface area contributed by atoms with Gasteiger partial charge in [-0.3, -0.25) is 9.78 Å². The topological polar surface area (TPSA) is 33.2 Å². The highest BCUT2D eigenvalue weighted by atomic mass is 16.1. The second-order valence-corrected chi connectivity index (χ2v) is 6.45. The number of allylic oxidation sites excluding steroid dienone is 5. The summed E-state index contributed by atoms with van der Waals surface area (Å²) >= 11 is 0. The number of rotatable bonds is 2. The lowest BCUT2D eigenvalue weighted by Gasteiger charge is -2.27. The molecule has 3 aliphatic rings. The van der Waals surface area contributed by atoms with Crippen LogP contribution in [0, 0.1) is 5.92 Å². The van der Waals surface area contributed by atoms with Crippen LogP contribution in [0.3, 0.4) is 0 Å². The molecule has 1 aromatic rings. The third-order valence-electron chi connectivity index (χ3n) is 5.14. The van der Waals surface area contributed by atoms with E-state index in [9.17, 15) is 4.79 Å². The molecule has 2 heterocycles. The average Bonchev–Trinajstić information content (AvgIpc) is 2.87. The number of carbonyl (C=O) groups is 1. The Bertz CT molecular complexity index is 783. The zero-order valence-corrected chi connectivity index (χ0v) is 13.5. The highest BCUT2D eigenvalue weighted by Crippen LogP contribution is 2.44. The number of carbonyl (C=O) groups excluding carboxylic acids is 1. The summed E-state index contributed by atoms with van der Waals surface area (Å²) in [4.78, 5) is 18.6. The van der Waals surface area contributed by atoms with E-state index < -0.39 is 0 Å². The Morgan fingerprint density at radius 1 is 1.30 bits per heavy atom. The van der Waals surface area contributed by atoms with E-state index in [2.05, 4.69) is 41.2 Å². The van der Waals surface area contributed by atoms with Gasteiger partial charge in [-0.25, -0.2) is 0 Å². The van der Waals surface area contributed by atoms with Crippen LogP contribution in [0.1, 0.15) is 25.5 Å². The van der Waals surface area contributed by atoms with Gasteiger partial charge in [-0.1, -0.05) is 24.3 Å². The quantitative estimate of drug-likeness (QED) is 0.838. The van der Waals surface area contributed by atoms with Gasteiger partial charge in [0, 0.05) is 24.9 Å². The van der Waals surface area contributed by atoms with E-state index in [4.69, 9.17) is 0 Å². The first-order chi connectivity index (χ1) is 11.1. The number of fused-ring (bicyclic) bond motifs is 2. The van der Waals surface area contributed by atoms with Crippen molar-refractivity contribution in [1.82, 2.24) is 9.88 Å². The highest BCUT2D eigenvalue weighted by molar-refractivity contribution is 5.94. The Morgan fingerprint density at radius 3 is 2.91 bits per heavy atom. The fourth-order valence-corrected chi connectivity index (χ4v) is 3.88. The molecule has 3 heteroatoms. The minimum absolute atomic E-state index is 0.197. The maximum Gasteiger partial charge on any atom is 0.155 e. The van der Waals surface area contributed by atoms with Gasteiger partial charge in [0.25, 0.3) is 0 Å². The van der Waals surface area contributed by atoms with Gasteiger partial charge in [0.05, 0.1) is 11.7 Å². The van der Waals surface area contributed by atoms with Crippen molar-refractivity contribution in [3.05, 3.63) is 71.2 Å². The minimum Gasteiger partial charge on any atom is -0.370 e. The summed E-state index contributed by atoms with van der Waals surface area (Å²) in [6.07, 6.45) is 12.5. The smallest absolute Gasteiger partial charge is 0.155 e. The average molecular weight is 304 g/mol. The molecular formula is C20H20N2O. The molecule has 0 saturated heterocycles. The van der Waals surface area contributed by atoms with E-state index in [0.717, 1.165) is 29.7 Å². The molecule has 23 heavy (non-hydrogen) atoms. The van der Waals surface area contributed by atoms with Crippen molar-refractivity contribution in [1.29, 1.82) is 0 Å². The Balaban J connectivity index is 1.75. The lowest BCUT2D eigenvalue weighted by molar-refractivity contribution is -0.113. The molecule has 1 aromatic heterocycles. The molecule has 2 atom stereocenters. The number of ketones is 1. The molecule has 0 N–H and O–H groups in total. The molecule has 1 aliphatic heterocycles. The van der Waals surface area contributed by atoms with E-state index in [1.807, 2.05) is 24.4 Å². The molecule has 0 saturated carbocycles. The summed E-state index contributed by atoms with van der Waals surface area (Å²) in [7, 11) is 2.16. The largest absolute Gasteiger partial charge is 0.370 e. The van der Waals surface area contributed by atoms with Gasteiger partial charge >= 0.3 is 0 Å². The number of Topliss-reactive ketones (excluding diaryl/α,β-unsaturated/α-hetero) is 1. The van der Waals surface area contributed by atoms with Gasteiger partial charge in [-0.2, -0.15) is 0 Å². The Hall–Kier alpha value is -2.42. The summed E-state index contributed by atoms with van der Waals surface area (Å²) < 4.78 is 0. The van der Waals surface area contributed by atoms with Crippen molar-refractivity contribution < 1.29 is 4.79 Å². The minimum atomic E-state index is 0.197.